The Hall–Kier alpha value is -0.860. The number of aryl methyl sites for hydroxylation is 1. The lowest BCUT2D eigenvalue weighted by molar-refractivity contribution is 0.207. The molecule has 2 atom stereocenters. The molecule has 15 heavy (non-hydrogen) atoms. The normalized spacial score (nSPS) is 14.9. The van der Waals surface area contributed by atoms with Gasteiger partial charge in [0.1, 0.15) is 0 Å². The van der Waals surface area contributed by atoms with Crippen LogP contribution >= 0.6 is 0 Å². The van der Waals surface area contributed by atoms with Gasteiger partial charge in [-0.1, -0.05) is 36.8 Å². The fourth-order valence-electron chi connectivity index (χ4n) is 1.46. The quantitative estimate of drug-likeness (QED) is 0.775. The van der Waals surface area contributed by atoms with Crippen LogP contribution < -0.4 is 5.32 Å². The number of nitrogens with one attached hydrogen (secondary N) is 1. The summed E-state index contributed by atoms with van der Waals surface area (Å²) in [7, 11) is 0. The van der Waals surface area contributed by atoms with Crippen molar-refractivity contribution >= 4 is 0 Å². The van der Waals surface area contributed by atoms with Crippen LogP contribution in [0.2, 0.25) is 0 Å². The van der Waals surface area contributed by atoms with Crippen molar-refractivity contribution in [1.82, 2.24) is 5.32 Å². The fourth-order valence-corrected chi connectivity index (χ4v) is 1.46. The summed E-state index contributed by atoms with van der Waals surface area (Å²) in [6.45, 7) is 7.36. The van der Waals surface area contributed by atoms with Crippen LogP contribution in [0.3, 0.4) is 0 Å². The Morgan fingerprint density at radius 3 is 2.67 bits per heavy atom. The van der Waals surface area contributed by atoms with Gasteiger partial charge in [-0.3, -0.25) is 0 Å². The van der Waals surface area contributed by atoms with Crippen LogP contribution in [0.15, 0.2) is 24.3 Å². The lowest BCUT2D eigenvalue weighted by atomic mass is 10.0. The van der Waals surface area contributed by atoms with E-state index in [0.717, 1.165) is 6.54 Å². The summed E-state index contributed by atoms with van der Waals surface area (Å²) in [6.07, 6.45) is 0. The maximum Gasteiger partial charge on any atom is 0.0471 e. The molecule has 0 radical (unpaired) electrons. The van der Waals surface area contributed by atoms with E-state index in [1.165, 1.54) is 11.1 Å². The third kappa shape index (κ3) is 4.02. The Kier molecular flexibility index (Phi) is 4.79. The lowest BCUT2D eigenvalue weighted by Crippen LogP contribution is -2.33. The first-order chi connectivity index (χ1) is 7.13. The van der Waals surface area contributed by atoms with Gasteiger partial charge in [0.15, 0.2) is 0 Å². The van der Waals surface area contributed by atoms with Crippen LogP contribution in [0.4, 0.5) is 0 Å². The molecule has 1 rings (SSSR count). The zero-order valence-corrected chi connectivity index (χ0v) is 9.83. The summed E-state index contributed by atoms with van der Waals surface area (Å²) >= 11 is 0. The van der Waals surface area contributed by atoms with Crippen molar-refractivity contribution in [1.29, 1.82) is 0 Å². The zero-order chi connectivity index (χ0) is 11.3. The Bertz CT molecular complexity index is 298. The van der Waals surface area contributed by atoms with Crippen LogP contribution in [0.1, 0.15) is 25.0 Å². The van der Waals surface area contributed by atoms with E-state index in [1.54, 1.807) is 0 Å². The highest BCUT2D eigenvalue weighted by Gasteiger charge is 2.09. The van der Waals surface area contributed by atoms with Gasteiger partial charge in [0.2, 0.25) is 0 Å². The molecule has 0 aliphatic carbocycles. The van der Waals surface area contributed by atoms with E-state index in [0.29, 0.717) is 12.0 Å². The minimum Gasteiger partial charge on any atom is -0.396 e. The van der Waals surface area contributed by atoms with Crippen molar-refractivity contribution in [2.45, 2.75) is 33.4 Å². The van der Waals surface area contributed by atoms with E-state index >= 15 is 0 Å². The fraction of sp³-hybridized carbons (Fsp3) is 0.538. The molecule has 1 aromatic carbocycles. The first kappa shape index (κ1) is 12.2. The van der Waals surface area contributed by atoms with Crippen molar-refractivity contribution in [2.24, 2.45) is 5.92 Å². The Balaban J connectivity index is 2.43. The Morgan fingerprint density at radius 2 is 2.07 bits per heavy atom. The van der Waals surface area contributed by atoms with Crippen LogP contribution in [-0.2, 0) is 6.54 Å². The van der Waals surface area contributed by atoms with E-state index < -0.39 is 0 Å². The van der Waals surface area contributed by atoms with E-state index in [4.69, 9.17) is 5.11 Å². The van der Waals surface area contributed by atoms with Crippen molar-refractivity contribution < 1.29 is 5.11 Å². The van der Waals surface area contributed by atoms with E-state index in [-0.39, 0.29) is 6.61 Å². The van der Waals surface area contributed by atoms with E-state index in [9.17, 15) is 0 Å². The Labute approximate surface area is 92.3 Å². The largest absolute Gasteiger partial charge is 0.396 e. The summed E-state index contributed by atoms with van der Waals surface area (Å²) in [6, 6.07) is 8.82. The van der Waals surface area contributed by atoms with Gasteiger partial charge in [0.25, 0.3) is 0 Å². The molecule has 2 unspecified atom stereocenters. The van der Waals surface area contributed by atoms with Crippen molar-refractivity contribution in [3.63, 3.8) is 0 Å². The molecule has 0 aromatic heterocycles. The highest BCUT2D eigenvalue weighted by molar-refractivity contribution is 5.21. The maximum absolute atomic E-state index is 9.01. The molecule has 2 heteroatoms. The number of rotatable bonds is 5. The zero-order valence-electron chi connectivity index (χ0n) is 9.83. The first-order valence-electron chi connectivity index (χ1n) is 5.53. The molecule has 0 aliphatic heterocycles. The highest BCUT2D eigenvalue weighted by atomic mass is 16.3. The summed E-state index contributed by atoms with van der Waals surface area (Å²) < 4.78 is 0. The summed E-state index contributed by atoms with van der Waals surface area (Å²) in [4.78, 5) is 0. The highest BCUT2D eigenvalue weighted by Crippen LogP contribution is 2.06. The molecule has 0 aliphatic rings. The molecule has 2 N–H and O–H groups in total. The molecule has 0 bridgehead atoms. The lowest BCUT2D eigenvalue weighted by Gasteiger charge is -2.19. The number of benzene rings is 1. The summed E-state index contributed by atoms with van der Waals surface area (Å²) in [5.41, 5.74) is 2.59. The SMILES string of the molecule is Cc1cccc(CNC(C)C(C)CO)c1. The molecule has 0 amide bonds. The third-order valence-corrected chi connectivity index (χ3v) is 2.85. The number of hydrogen-bond donors (Lipinski definition) is 2. The monoisotopic (exact) mass is 207 g/mol. The van der Waals surface area contributed by atoms with Gasteiger partial charge in [-0.15, -0.1) is 0 Å². The number of hydrogen-bond acceptors (Lipinski definition) is 2. The maximum atomic E-state index is 9.01. The van der Waals surface area contributed by atoms with Gasteiger partial charge in [0.05, 0.1) is 0 Å². The molecule has 0 heterocycles. The predicted molar refractivity (Wildman–Crippen MR) is 63.7 cm³/mol. The molecule has 1 aromatic rings. The topological polar surface area (TPSA) is 32.3 Å². The minimum atomic E-state index is 0.238. The number of aliphatic hydroxyl groups is 1. The van der Waals surface area contributed by atoms with Gasteiger partial charge in [-0.2, -0.15) is 0 Å². The molecule has 84 valence electrons. The van der Waals surface area contributed by atoms with E-state index in [1.807, 2.05) is 6.92 Å². The smallest absolute Gasteiger partial charge is 0.0471 e. The van der Waals surface area contributed by atoms with Crippen LogP contribution in [0.25, 0.3) is 0 Å². The Morgan fingerprint density at radius 1 is 1.33 bits per heavy atom. The van der Waals surface area contributed by atoms with Gasteiger partial charge in [-0.05, 0) is 25.3 Å². The second-order valence-electron chi connectivity index (χ2n) is 4.32. The molecular formula is C13H21NO. The van der Waals surface area contributed by atoms with Crippen LogP contribution in [-0.4, -0.2) is 17.8 Å². The van der Waals surface area contributed by atoms with Crippen molar-refractivity contribution in [2.75, 3.05) is 6.61 Å². The van der Waals surface area contributed by atoms with E-state index in [2.05, 4.69) is 43.4 Å². The second kappa shape index (κ2) is 5.89. The third-order valence-electron chi connectivity index (χ3n) is 2.85. The summed E-state index contributed by atoms with van der Waals surface area (Å²) in [5.74, 6) is 0.301. The molecule has 0 saturated heterocycles. The molecular weight excluding hydrogens is 186 g/mol. The summed E-state index contributed by atoms with van der Waals surface area (Å²) in [5, 5.41) is 12.4. The van der Waals surface area contributed by atoms with Gasteiger partial charge in [0, 0.05) is 19.2 Å². The molecule has 0 saturated carbocycles. The average Bonchev–Trinajstić information content (AvgIpc) is 2.25. The molecule has 2 nitrogen and oxygen atoms in total. The van der Waals surface area contributed by atoms with Gasteiger partial charge in [-0.25, -0.2) is 0 Å². The number of aliphatic hydroxyl groups excluding tert-OH is 1. The molecule has 0 fully saturated rings. The van der Waals surface area contributed by atoms with Gasteiger partial charge < -0.3 is 10.4 Å². The molecule has 0 spiro atoms. The van der Waals surface area contributed by atoms with Gasteiger partial charge >= 0.3 is 0 Å². The van der Waals surface area contributed by atoms with Crippen LogP contribution in [0, 0.1) is 12.8 Å². The first-order valence-corrected chi connectivity index (χ1v) is 5.53. The second-order valence-corrected chi connectivity index (χ2v) is 4.32. The predicted octanol–water partition coefficient (Wildman–Crippen LogP) is 2.10. The minimum absolute atomic E-state index is 0.238. The van der Waals surface area contributed by atoms with Crippen molar-refractivity contribution in [3.05, 3.63) is 35.4 Å². The van der Waals surface area contributed by atoms with Crippen molar-refractivity contribution in [3.8, 4) is 0 Å². The average molecular weight is 207 g/mol. The van der Waals surface area contributed by atoms with Crippen LogP contribution in [0.5, 0.6) is 0 Å². The standard InChI is InChI=1S/C13H21NO/c1-10-5-4-6-13(7-10)8-14-12(3)11(2)9-15/h4-7,11-12,14-15H,8-9H2,1-3H3.